The fourth-order valence-electron chi connectivity index (χ4n) is 7.22. The average Bonchev–Trinajstić information content (AvgIpc) is 3.26. The van der Waals surface area contributed by atoms with Gasteiger partial charge in [-0.1, -0.05) is 221 Å². The maximum atomic E-state index is 12.9. The van der Waals surface area contributed by atoms with Gasteiger partial charge >= 0.3 is 7.82 Å². The first kappa shape index (κ1) is 62.7. The van der Waals surface area contributed by atoms with E-state index in [0.29, 0.717) is 17.4 Å². The molecule has 0 saturated carbocycles. The standard InChI is InChI=1S/C56H101N2O6P/c1-6-8-10-12-14-16-18-19-20-21-22-23-24-25-26-27-28-29-30-31-32-33-34-35-36-37-38-39-40-42-44-46-48-50-56(60)57-54(53-64-65(61,62)63-52-51-58(3,4)5)55(59)49-47-45-43-41-17-15-13-11-9-7-2/h8,10,14,16,19-20,22-23,25-26,28-29,47,49,54-55,59H,6-7,9,11-13,15,17-18,21,24,27,30-46,48,50-53H2,1-5H3,(H-,57,60,61,62)/p+1/b10-8-,16-14-,20-19-,23-22-,26-25-,29-28-,49-47+. The summed E-state index contributed by atoms with van der Waals surface area (Å²) in [5.41, 5.74) is 0. The van der Waals surface area contributed by atoms with Crippen molar-refractivity contribution in [3.8, 4) is 0 Å². The number of carbonyl (C=O) groups is 1. The lowest BCUT2D eigenvalue weighted by Gasteiger charge is -2.25. The van der Waals surface area contributed by atoms with Crippen LogP contribution in [-0.4, -0.2) is 73.4 Å². The molecule has 0 aliphatic heterocycles. The zero-order valence-electron chi connectivity index (χ0n) is 42.7. The van der Waals surface area contributed by atoms with Gasteiger partial charge in [-0.2, -0.15) is 0 Å². The van der Waals surface area contributed by atoms with Crippen molar-refractivity contribution >= 4 is 13.7 Å². The Morgan fingerprint density at radius 3 is 1.35 bits per heavy atom. The minimum absolute atomic E-state index is 0.0586. The van der Waals surface area contributed by atoms with Crippen LogP contribution in [0.3, 0.4) is 0 Å². The minimum Gasteiger partial charge on any atom is -0.387 e. The van der Waals surface area contributed by atoms with Crippen LogP contribution in [0, 0.1) is 0 Å². The number of rotatable bonds is 47. The summed E-state index contributed by atoms with van der Waals surface area (Å²) in [6.45, 7) is 4.67. The predicted molar refractivity (Wildman–Crippen MR) is 281 cm³/mol. The second kappa shape index (κ2) is 46.8. The molecule has 0 aliphatic carbocycles. The van der Waals surface area contributed by atoms with E-state index in [4.69, 9.17) is 9.05 Å². The van der Waals surface area contributed by atoms with Crippen LogP contribution < -0.4 is 5.32 Å². The summed E-state index contributed by atoms with van der Waals surface area (Å²) in [5.74, 6) is -0.183. The van der Waals surface area contributed by atoms with Crippen molar-refractivity contribution in [2.45, 2.75) is 225 Å². The third kappa shape index (κ3) is 49.4. The Morgan fingerprint density at radius 2 is 0.923 bits per heavy atom. The third-order valence-electron chi connectivity index (χ3n) is 11.4. The number of nitrogens with zero attached hydrogens (tertiary/aromatic N) is 1. The summed E-state index contributed by atoms with van der Waals surface area (Å²) >= 11 is 0. The van der Waals surface area contributed by atoms with Crippen molar-refractivity contribution in [2.75, 3.05) is 40.9 Å². The molecule has 8 nitrogen and oxygen atoms in total. The maximum Gasteiger partial charge on any atom is 0.472 e. The number of likely N-dealkylation sites (N-methyl/N-ethyl adjacent to an activating group) is 1. The molecule has 0 aliphatic rings. The minimum atomic E-state index is -4.34. The molecule has 3 atom stereocenters. The van der Waals surface area contributed by atoms with Gasteiger partial charge < -0.3 is 19.8 Å². The average molecular weight is 930 g/mol. The molecule has 0 bridgehead atoms. The number of aliphatic hydroxyl groups excluding tert-OH is 1. The van der Waals surface area contributed by atoms with Crippen LogP contribution in [-0.2, 0) is 18.4 Å². The Balaban J connectivity index is 4.05. The van der Waals surface area contributed by atoms with E-state index in [0.717, 1.165) is 77.0 Å². The number of quaternary nitrogens is 1. The van der Waals surface area contributed by atoms with Gasteiger partial charge in [-0.05, 0) is 70.6 Å². The van der Waals surface area contributed by atoms with Crippen LogP contribution in [0.2, 0.25) is 0 Å². The van der Waals surface area contributed by atoms with Crippen LogP contribution >= 0.6 is 7.82 Å². The zero-order valence-corrected chi connectivity index (χ0v) is 43.6. The first-order chi connectivity index (χ1) is 31.5. The van der Waals surface area contributed by atoms with Gasteiger partial charge in [-0.15, -0.1) is 0 Å². The second-order valence-corrected chi connectivity index (χ2v) is 20.3. The molecule has 0 aromatic rings. The molecule has 1 amide bonds. The Kier molecular flexibility index (Phi) is 45.1. The van der Waals surface area contributed by atoms with Gasteiger partial charge in [-0.25, -0.2) is 4.57 Å². The van der Waals surface area contributed by atoms with E-state index < -0.39 is 20.0 Å². The normalized spacial score (nSPS) is 14.8. The van der Waals surface area contributed by atoms with Crippen LogP contribution in [0.1, 0.15) is 213 Å². The van der Waals surface area contributed by atoms with Gasteiger partial charge in [0, 0.05) is 6.42 Å². The fraction of sp³-hybridized carbons (Fsp3) is 0.732. The van der Waals surface area contributed by atoms with E-state index in [1.807, 2.05) is 27.2 Å². The summed E-state index contributed by atoms with van der Waals surface area (Å²) in [6, 6.07) is -0.848. The van der Waals surface area contributed by atoms with Gasteiger partial charge in [0.1, 0.15) is 13.2 Å². The number of phosphoric ester groups is 1. The SMILES string of the molecule is CC/C=C\C/C=C\C/C=C\C/C=C\C/C=C\C/C=C\CCCCCCCCCCCCCCCCC(=O)NC(COP(=O)(O)OCC[N+](C)(C)C)C(O)/C=C/CCCCCCCCCC. The molecule has 3 unspecified atom stereocenters. The van der Waals surface area contributed by atoms with Crippen molar-refractivity contribution in [3.63, 3.8) is 0 Å². The number of nitrogens with one attached hydrogen (secondary N) is 1. The van der Waals surface area contributed by atoms with E-state index in [1.165, 1.54) is 116 Å². The largest absolute Gasteiger partial charge is 0.472 e. The topological polar surface area (TPSA) is 105 Å². The molecule has 0 radical (unpaired) electrons. The Bertz CT molecular complexity index is 1330. The molecule has 0 aromatic heterocycles. The predicted octanol–water partition coefficient (Wildman–Crippen LogP) is 15.7. The monoisotopic (exact) mass is 930 g/mol. The van der Waals surface area contributed by atoms with Gasteiger partial charge in [0.15, 0.2) is 0 Å². The third-order valence-corrected chi connectivity index (χ3v) is 12.4. The van der Waals surface area contributed by atoms with E-state index in [9.17, 15) is 19.4 Å². The lowest BCUT2D eigenvalue weighted by molar-refractivity contribution is -0.870. The van der Waals surface area contributed by atoms with E-state index in [2.05, 4.69) is 92.1 Å². The van der Waals surface area contributed by atoms with Crippen LogP contribution in [0.25, 0.3) is 0 Å². The number of phosphoric acid groups is 1. The first-order valence-electron chi connectivity index (χ1n) is 26.5. The molecular weight excluding hydrogens is 828 g/mol. The maximum absolute atomic E-state index is 12.9. The fourth-order valence-corrected chi connectivity index (χ4v) is 7.96. The number of unbranched alkanes of at least 4 members (excludes halogenated alkanes) is 22. The molecule has 0 heterocycles. The number of hydrogen-bond acceptors (Lipinski definition) is 5. The Labute approximate surface area is 401 Å². The molecular formula is C56H102N2O6P+. The van der Waals surface area contributed by atoms with Crippen molar-refractivity contribution in [3.05, 3.63) is 85.1 Å². The number of carbonyl (C=O) groups excluding carboxylic acids is 1. The smallest absolute Gasteiger partial charge is 0.387 e. The lowest BCUT2D eigenvalue weighted by Crippen LogP contribution is -2.45. The Morgan fingerprint density at radius 1 is 0.538 bits per heavy atom. The van der Waals surface area contributed by atoms with Crippen LogP contribution in [0.4, 0.5) is 0 Å². The molecule has 0 rings (SSSR count). The molecule has 3 N–H and O–H groups in total. The molecule has 65 heavy (non-hydrogen) atoms. The molecule has 0 spiro atoms. The number of aliphatic hydroxyl groups is 1. The van der Waals surface area contributed by atoms with E-state index in [1.54, 1.807) is 6.08 Å². The summed E-state index contributed by atoms with van der Waals surface area (Å²) in [5, 5.41) is 13.8. The van der Waals surface area contributed by atoms with Crippen molar-refractivity contribution in [1.29, 1.82) is 0 Å². The van der Waals surface area contributed by atoms with Crippen LogP contribution in [0.15, 0.2) is 85.1 Å². The highest BCUT2D eigenvalue weighted by atomic mass is 31.2. The van der Waals surface area contributed by atoms with Gasteiger partial charge in [0.25, 0.3) is 0 Å². The highest BCUT2D eigenvalue weighted by Crippen LogP contribution is 2.43. The number of hydrogen-bond donors (Lipinski definition) is 3. The summed E-state index contributed by atoms with van der Waals surface area (Å²) in [7, 11) is 1.56. The summed E-state index contributed by atoms with van der Waals surface area (Å²) in [6.07, 6.45) is 65.4. The van der Waals surface area contributed by atoms with Crippen molar-refractivity contribution < 1.29 is 32.9 Å². The van der Waals surface area contributed by atoms with Gasteiger partial charge in [0.05, 0.1) is 39.9 Å². The highest BCUT2D eigenvalue weighted by Gasteiger charge is 2.27. The molecule has 9 heteroatoms. The molecule has 0 saturated heterocycles. The second-order valence-electron chi connectivity index (χ2n) is 18.9. The Hall–Kier alpha value is -2.32. The van der Waals surface area contributed by atoms with E-state index in [-0.39, 0.29) is 19.1 Å². The van der Waals surface area contributed by atoms with E-state index >= 15 is 0 Å². The highest BCUT2D eigenvalue weighted by molar-refractivity contribution is 7.47. The number of allylic oxidation sites excluding steroid dienone is 13. The molecule has 376 valence electrons. The lowest BCUT2D eigenvalue weighted by atomic mass is 10.0. The zero-order chi connectivity index (χ0) is 47.8. The summed E-state index contributed by atoms with van der Waals surface area (Å²) in [4.78, 5) is 23.2. The van der Waals surface area contributed by atoms with Gasteiger partial charge in [0.2, 0.25) is 5.91 Å². The number of amides is 1. The quantitative estimate of drug-likeness (QED) is 0.0243. The molecule has 0 aromatic carbocycles. The van der Waals surface area contributed by atoms with Crippen molar-refractivity contribution in [1.82, 2.24) is 5.32 Å². The van der Waals surface area contributed by atoms with Crippen LogP contribution in [0.5, 0.6) is 0 Å². The van der Waals surface area contributed by atoms with Crippen molar-refractivity contribution in [2.24, 2.45) is 0 Å². The molecule has 0 fully saturated rings. The first-order valence-corrected chi connectivity index (χ1v) is 28.0. The summed E-state index contributed by atoms with van der Waals surface area (Å²) < 4.78 is 23.6. The van der Waals surface area contributed by atoms with Gasteiger partial charge in [-0.3, -0.25) is 13.8 Å².